The molecule has 0 bridgehead atoms. The summed E-state index contributed by atoms with van der Waals surface area (Å²) in [6.45, 7) is 13.2. The van der Waals surface area contributed by atoms with Crippen molar-refractivity contribution in [1.29, 1.82) is 0 Å². The van der Waals surface area contributed by atoms with Crippen molar-refractivity contribution < 1.29 is 0 Å². The van der Waals surface area contributed by atoms with Crippen molar-refractivity contribution in [3.8, 4) is 0 Å². The van der Waals surface area contributed by atoms with Gasteiger partial charge in [-0.05, 0) is 32.4 Å². The largest absolute Gasteiger partial charge is 0.322 e. The van der Waals surface area contributed by atoms with Gasteiger partial charge in [0.2, 0.25) is 0 Å². The van der Waals surface area contributed by atoms with Crippen LogP contribution >= 0.6 is 0 Å². The van der Waals surface area contributed by atoms with Crippen LogP contribution in [0.2, 0.25) is 0 Å². The lowest BCUT2D eigenvalue weighted by molar-refractivity contribution is 0.698. The molecular weight excluding hydrogens is 164 g/mol. The van der Waals surface area contributed by atoms with Crippen molar-refractivity contribution in [1.82, 2.24) is 4.57 Å². The van der Waals surface area contributed by atoms with Crippen LogP contribution in [0.5, 0.6) is 0 Å². The number of aryl methyl sites for hydroxylation is 1. The molecule has 1 aromatic heterocycles. The van der Waals surface area contributed by atoms with Gasteiger partial charge in [0.15, 0.2) is 0 Å². The molecule has 0 aliphatic heterocycles. The predicted octanol–water partition coefficient (Wildman–Crippen LogP) is 2.04. The SMILES string of the molecule is [C-]#[N+]c1cc(C)c(C)n(CC)c1=O. The van der Waals surface area contributed by atoms with E-state index < -0.39 is 0 Å². The normalized spacial score (nSPS) is 9.69. The van der Waals surface area contributed by atoms with E-state index in [0.29, 0.717) is 6.54 Å². The molecule has 3 heteroatoms. The first kappa shape index (κ1) is 9.53. The minimum atomic E-state index is -0.180. The monoisotopic (exact) mass is 176 g/mol. The Kier molecular flexibility index (Phi) is 2.52. The number of hydrogen-bond acceptors (Lipinski definition) is 1. The summed E-state index contributed by atoms with van der Waals surface area (Å²) in [4.78, 5) is 14.8. The lowest BCUT2D eigenvalue weighted by Crippen LogP contribution is -2.21. The van der Waals surface area contributed by atoms with Gasteiger partial charge >= 0.3 is 0 Å². The molecule has 0 aliphatic rings. The second-order valence-corrected chi connectivity index (χ2v) is 2.96. The van der Waals surface area contributed by atoms with Gasteiger partial charge < -0.3 is 4.57 Å². The third kappa shape index (κ3) is 1.48. The van der Waals surface area contributed by atoms with Crippen molar-refractivity contribution >= 4 is 5.69 Å². The summed E-state index contributed by atoms with van der Waals surface area (Å²) in [7, 11) is 0. The fourth-order valence-electron chi connectivity index (χ4n) is 1.34. The zero-order valence-corrected chi connectivity index (χ0v) is 8.09. The molecular formula is C10H12N2O. The molecule has 1 heterocycles. The highest BCUT2D eigenvalue weighted by Gasteiger charge is 2.06. The zero-order chi connectivity index (χ0) is 10.0. The molecule has 1 rings (SSSR count). The van der Waals surface area contributed by atoms with Gasteiger partial charge in [-0.15, -0.1) is 0 Å². The summed E-state index contributed by atoms with van der Waals surface area (Å²) in [5, 5.41) is 0. The molecule has 0 amide bonds. The number of hydrogen-bond donors (Lipinski definition) is 0. The second kappa shape index (κ2) is 3.44. The van der Waals surface area contributed by atoms with Crippen LogP contribution in [0.3, 0.4) is 0 Å². The maximum atomic E-state index is 11.6. The van der Waals surface area contributed by atoms with Crippen molar-refractivity contribution in [2.24, 2.45) is 0 Å². The first-order chi connectivity index (χ1) is 6.11. The van der Waals surface area contributed by atoms with E-state index >= 15 is 0 Å². The molecule has 0 N–H and O–H groups in total. The molecule has 0 unspecified atom stereocenters. The zero-order valence-electron chi connectivity index (χ0n) is 8.09. The van der Waals surface area contributed by atoms with Gasteiger partial charge in [0.05, 0.1) is 6.57 Å². The highest BCUT2D eigenvalue weighted by molar-refractivity contribution is 5.45. The van der Waals surface area contributed by atoms with E-state index in [0.717, 1.165) is 11.3 Å². The fraction of sp³-hybridized carbons (Fsp3) is 0.400. The Labute approximate surface area is 77.4 Å². The van der Waals surface area contributed by atoms with E-state index in [-0.39, 0.29) is 11.2 Å². The maximum Gasteiger partial charge on any atom is 0.257 e. The predicted molar refractivity (Wildman–Crippen MR) is 52.1 cm³/mol. The molecule has 1 aromatic rings. The van der Waals surface area contributed by atoms with Crippen molar-refractivity contribution in [2.75, 3.05) is 0 Å². The number of nitrogens with zero attached hydrogens (tertiary/aromatic N) is 2. The summed E-state index contributed by atoms with van der Waals surface area (Å²) in [6.07, 6.45) is 0. The van der Waals surface area contributed by atoms with Crippen LogP contribution in [0.4, 0.5) is 5.69 Å². The topological polar surface area (TPSA) is 26.4 Å². The highest BCUT2D eigenvalue weighted by atomic mass is 16.1. The van der Waals surface area contributed by atoms with Crippen LogP contribution in [0.1, 0.15) is 18.2 Å². The third-order valence-electron chi connectivity index (χ3n) is 2.23. The molecule has 0 saturated carbocycles. The Morgan fingerprint density at radius 3 is 2.62 bits per heavy atom. The quantitative estimate of drug-likeness (QED) is 0.601. The molecule has 0 aromatic carbocycles. The lowest BCUT2D eigenvalue weighted by Gasteiger charge is -2.10. The Hall–Kier alpha value is -1.56. The van der Waals surface area contributed by atoms with Crippen molar-refractivity contribution in [3.63, 3.8) is 0 Å². The van der Waals surface area contributed by atoms with Gasteiger partial charge in [-0.1, -0.05) is 0 Å². The molecule has 68 valence electrons. The van der Waals surface area contributed by atoms with Crippen LogP contribution in [-0.4, -0.2) is 4.57 Å². The smallest absolute Gasteiger partial charge is 0.257 e. The Balaban J connectivity index is 3.61. The average Bonchev–Trinajstić information content (AvgIpc) is 2.12. The minimum absolute atomic E-state index is 0.180. The molecule has 0 spiro atoms. The van der Waals surface area contributed by atoms with Crippen molar-refractivity contribution in [3.05, 3.63) is 39.1 Å². The molecule has 13 heavy (non-hydrogen) atoms. The molecule has 3 nitrogen and oxygen atoms in total. The van der Waals surface area contributed by atoms with Crippen LogP contribution < -0.4 is 5.56 Å². The number of rotatable bonds is 1. The van der Waals surface area contributed by atoms with Gasteiger partial charge in [-0.3, -0.25) is 4.79 Å². The Morgan fingerprint density at radius 1 is 1.54 bits per heavy atom. The lowest BCUT2D eigenvalue weighted by atomic mass is 10.2. The molecule has 0 saturated heterocycles. The number of aromatic nitrogens is 1. The molecule has 0 aliphatic carbocycles. The van der Waals surface area contributed by atoms with Crippen LogP contribution in [0.25, 0.3) is 4.85 Å². The molecule has 0 radical (unpaired) electrons. The van der Waals surface area contributed by atoms with E-state index in [1.54, 1.807) is 10.6 Å². The Morgan fingerprint density at radius 2 is 2.15 bits per heavy atom. The van der Waals surface area contributed by atoms with Gasteiger partial charge in [-0.2, -0.15) is 0 Å². The molecule has 0 atom stereocenters. The summed E-state index contributed by atoms with van der Waals surface area (Å²) in [6, 6.07) is 1.65. The summed E-state index contributed by atoms with van der Waals surface area (Å²) >= 11 is 0. The van der Waals surface area contributed by atoms with Crippen LogP contribution in [-0.2, 0) is 6.54 Å². The fourth-order valence-corrected chi connectivity index (χ4v) is 1.34. The summed E-state index contributed by atoms with van der Waals surface area (Å²) < 4.78 is 1.63. The third-order valence-corrected chi connectivity index (χ3v) is 2.23. The summed E-state index contributed by atoms with van der Waals surface area (Å²) in [5.41, 5.74) is 1.97. The van der Waals surface area contributed by atoms with E-state index in [9.17, 15) is 4.79 Å². The van der Waals surface area contributed by atoms with E-state index in [1.807, 2.05) is 20.8 Å². The average molecular weight is 176 g/mol. The summed E-state index contributed by atoms with van der Waals surface area (Å²) in [5.74, 6) is 0. The Bertz CT molecular complexity index is 424. The second-order valence-electron chi connectivity index (χ2n) is 2.96. The van der Waals surface area contributed by atoms with Crippen LogP contribution in [0.15, 0.2) is 10.9 Å². The van der Waals surface area contributed by atoms with E-state index in [2.05, 4.69) is 4.85 Å². The van der Waals surface area contributed by atoms with Gasteiger partial charge in [-0.25, -0.2) is 4.85 Å². The van der Waals surface area contributed by atoms with E-state index in [1.165, 1.54) is 0 Å². The standard InChI is InChI=1S/C10H12N2O/c1-5-12-8(3)7(2)6-9(11-4)10(12)13/h6H,5H2,1-3H3. The van der Waals surface area contributed by atoms with Gasteiger partial charge in [0.1, 0.15) is 0 Å². The van der Waals surface area contributed by atoms with Crippen molar-refractivity contribution in [2.45, 2.75) is 27.3 Å². The molecule has 0 fully saturated rings. The number of pyridine rings is 1. The van der Waals surface area contributed by atoms with Gasteiger partial charge in [0.25, 0.3) is 11.2 Å². The highest BCUT2D eigenvalue weighted by Crippen LogP contribution is 2.11. The minimum Gasteiger partial charge on any atom is -0.322 e. The first-order valence-electron chi connectivity index (χ1n) is 4.20. The van der Waals surface area contributed by atoms with E-state index in [4.69, 9.17) is 6.57 Å². The van der Waals surface area contributed by atoms with Gasteiger partial charge in [0, 0.05) is 12.2 Å². The first-order valence-corrected chi connectivity index (χ1v) is 4.20. The van der Waals surface area contributed by atoms with Crippen LogP contribution in [0, 0.1) is 20.4 Å². The maximum absolute atomic E-state index is 11.6.